The number of rotatable bonds is 3. The van der Waals surface area contributed by atoms with Crippen LogP contribution in [0.25, 0.3) is 6.08 Å². The standard InChI is InChI=1S/C11H10F3NO2/c1-7(10(15)16)6-8-2-4-9(5-3-8)17-11(12,13)14/h2-6H,1H3,(H2,15,16). The predicted molar refractivity (Wildman–Crippen MR) is 56.0 cm³/mol. The lowest BCUT2D eigenvalue weighted by Gasteiger charge is -2.08. The lowest BCUT2D eigenvalue weighted by Crippen LogP contribution is -2.16. The van der Waals surface area contributed by atoms with Crippen LogP contribution < -0.4 is 10.5 Å². The number of carbonyl (C=O) groups excluding carboxylic acids is 1. The van der Waals surface area contributed by atoms with E-state index in [1.54, 1.807) is 0 Å². The number of ether oxygens (including phenoxy) is 1. The van der Waals surface area contributed by atoms with Gasteiger partial charge in [-0.2, -0.15) is 0 Å². The minimum absolute atomic E-state index is 0.314. The van der Waals surface area contributed by atoms with Crippen molar-refractivity contribution < 1.29 is 22.7 Å². The minimum Gasteiger partial charge on any atom is -0.406 e. The molecule has 92 valence electrons. The van der Waals surface area contributed by atoms with E-state index in [2.05, 4.69) is 4.74 Å². The highest BCUT2D eigenvalue weighted by atomic mass is 19.4. The average molecular weight is 245 g/mol. The van der Waals surface area contributed by atoms with Crippen LogP contribution in [0.2, 0.25) is 0 Å². The van der Waals surface area contributed by atoms with Gasteiger partial charge in [0.05, 0.1) is 0 Å². The number of hydrogen-bond acceptors (Lipinski definition) is 2. The lowest BCUT2D eigenvalue weighted by atomic mass is 10.1. The summed E-state index contributed by atoms with van der Waals surface area (Å²) >= 11 is 0. The molecule has 1 amide bonds. The summed E-state index contributed by atoms with van der Waals surface area (Å²) in [6, 6.07) is 5.11. The maximum absolute atomic E-state index is 11.9. The second-order valence-electron chi connectivity index (χ2n) is 3.31. The fraction of sp³-hybridized carbons (Fsp3) is 0.182. The SMILES string of the molecule is CC(=Cc1ccc(OC(F)(F)F)cc1)C(N)=O. The molecule has 6 heteroatoms. The Morgan fingerprint density at radius 2 is 1.82 bits per heavy atom. The van der Waals surface area contributed by atoms with Gasteiger partial charge in [-0.3, -0.25) is 4.79 Å². The molecule has 1 aromatic carbocycles. The molecule has 0 saturated carbocycles. The van der Waals surface area contributed by atoms with Gasteiger partial charge in [-0.25, -0.2) is 0 Å². The Labute approximate surface area is 95.7 Å². The Morgan fingerprint density at radius 1 is 1.29 bits per heavy atom. The van der Waals surface area contributed by atoms with Gasteiger partial charge in [0, 0.05) is 5.57 Å². The summed E-state index contributed by atoms with van der Waals surface area (Å²) in [6.07, 6.45) is -3.24. The summed E-state index contributed by atoms with van der Waals surface area (Å²) in [5, 5.41) is 0. The fourth-order valence-corrected chi connectivity index (χ4v) is 1.09. The summed E-state index contributed by atoms with van der Waals surface area (Å²) in [4.78, 5) is 10.7. The van der Waals surface area contributed by atoms with Gasteiger partial charge >= 0.3 is 6.36 Å². The average Bonchev–Trinajstić information content (AvgIpc) is 2.18. The van der Waals surface area contributed by atoms with E-state index in [4.69, 9.17) is 5.73 Å². The molecule has 0 radical (unpaired) electrons. The second-order valence-corrected chi connectivity index (χ2v) is 3.31. The third kappa shape index (κ3) is 4.58. The van der Waals surface area contributed by atoms with Crippen molar-refractivity contribution in [2.24, 2.45) is 5.73 Å². The number of alkyl halides is 3. The summed E-state index contributed by atoms with van der Waals surface area (Å²) in [5.74, 6) is -0.896. The molecule has 1 rings (SSSR count). The fourth-order valence-electron chi connectivity index (χ4n) is 1.09. The zero-order chi connectivity index (χ0) is 13.1. The van der Waals surface area contributed by atoms with Gasteiger partial charge in [0.25, 0.3) is 0 Å². The van der Waals surface area contributed by atoms with E-state index in [9.17, 15) is 18.0 Å². The molecule has 0 aromatic heterocycles. The number of benzene rings is 1. The Morgan fingerprint density at radius 3 is 2.24 bits per heavy atom. The van der Waals surface area contributed by atoms with E-state index < -0.39 is 12.3 Å². The number of primary amides is 1. The molecule has 0 fully saturated rings. The predicted octanol–water partition coefficient (Wildman–Crippen LogP) is 2.47. The van der Waals surface area contributed by atoms with Crippen LogP contribution in [0.5, 0.6) is 5.75 Å². The first-order valence-corrected chi connectivity index (χ1v) is 4.62. The second kappa shape index (κ2) is 4.90. The number of nitrogens with two attached hydrogens (primary N) is 1. The molecule has 0 saturated heterocycles. The third-order valence-electron chi connectivity index (χ3n) is 1.89. The van der Waals surface area contributed by atoms with Gasteiger partial charge in [-0.05, 0) is 30.7 Å². The zero-order valence-corrected chi connectivity index (χ0v) is 8.91. The largest absolute Gasteiger partial charge is 0.573 e. The van der Waals surface area contributed by atoms with Gasteiger partial charge in [0.2, 0.25) is 5.91 Å². The molecule has 0 aliphatic heterocycles. The highest BCUT2D eigenvalue weighted by Gasteiger charge is 2.30. The highest BCUT2D eigenvalue weighted by molar-refractivity contribution is 5.95. The van der Waals surface area contributed by atoms with E-state index in [1.807, 2.05) is 0 Å². The maximum Gasteiger partial charge on any atom is 0.573 e. The Hall–Kier alpha value is -1.98. The van der Waals surface area contributed by atoms with Crippen molar-refractivity contribution in [1.82, 2.24) is 0 Å². The van der Waals surface area contributed by atoms with Crippen molar-refractivity contribution in [2.75, 3.05) is 0 Å². The van der Waals surface area contributed by atoms with Gasteiger partial charge in [-0.15, -0.1) is 13.2 Å². The first kappa shape index (κ1) is 13.1. The molecular weight excluding hydrogens is 235 g/mol. The molecule has 0 spiro atoms. The van der Waals surface area contributed by atoms with Gasteiger partial charge in [0.1, 0.15) is 5.75 Å². The zero-order valence-electron chi connectivity index (χ0n) is 8.91. The Bertz CT molecular complexity index is 435. The van der Waals surface area contributed by atoms with E-state index in [0.29, 0.717) is 11.1 Å². The van der Waals surface area contributed by atoms with E-state index in [0.717, 1.165) is 12.1 Å². The number of amides is 1. The molecule has 0 aliphatic carbocycles. The van der Waals surface area contributed by atoms with Crippen molar-refractivity contribution in [3.63, 3.8) is 0 Å². The molecule has 0 atom stereocenters. The topological polar surface area (TPSA) is 52.3 Å². The van der Waals surface area contributed by atoms with Crippen LogP contribution in [0.3, 0.4) is 0 Å². The van der Waals surface area contributed by atoms with E-state index in [-0.39, 0.29) is 5.75 Å². The molecule has 2 N–H and O–H groups in total. The maximum atomic E-state index is 11.9. The summed E-state index contributed by atoms with van der Waals surface area (Å²) in [7, 11) is 0. The van der Waals surface area contributed by atoms with E-state index in [1.165, 1.54) is 25.1 Å². The van der Waals surface area contributed by atoms with Crippen molar-refractivity contribution in [2.45, 2.75) is 13.3 Å². The van der Waals surface area contributed by atoms with Crippen LogP contribution in [-0.4, -0.2) is 12.3 Å². The van der Waals surface area contributed by atoms with Gasteiger partial charge in [-0.1, -0.05) is 12.1 Å². The summed E-state index contributed by atoms with van der Waals surface area (Å²) < 4.78 is 39.3. The quantitative estimate of drug-likeness (QED) is 0.831. The molecule has 0 unspecified atom stereocenters. The number of carbonyl (C=O) groups is 1. The van der Waals surface area contributed by atoms with E-state index >= 15 is 0 Å². The molecule has 0 aliphatic rings. The smallest absolute Gasteiger partial charge is 0.406 e. The van der Waals surface area contributed by atoms with Crippen molar-refractivity contribution >= 4 is 12.0 Å². The van der Waals surface area contributed by atoms with Crippen molar-refractivity contribution in [1.29, 1.82) is 0 Å². The summed E-state index contributed by atoms with van der Waals surface area (Å²) in [6.45, 7) is 1.52. The first-order valence-electron chi connectivity index (χ1n) is 4.62. The highest BCUT2D eigenvalue weighted by Crippen LogP contribution is 2.23. The van der Waals surface area contributed by atoms with Gasteiger partial charge < -0.3 is 10.5 Å². The third-order valence-corrected chi connectivity index (χ3v) is 1.89. The van der Waals surface area contributed by atoms with Crippen LogP contribution >= 0.6 is 0 Å². The van der Waals surface area contributed by atoms with Crippen LogP contribution in [0.1, 0.15) is 12.5 Å². The molecule has 17 heavy (non-hydrogen) atoms. The number of halogens is 3. The van der Waals surface area contributed by atoms with Crippen molar-refractivity contribution in [3.05, 3.63) is 35.4 Å². The minimum atomic E-state index is -4.71. The molecule has 1 aromatic rings. The van der Waals surface area contributed by atoms with Crippen LogP contribution in [0.15, 0.2) is 29.8 Å². The molecular formula is C11H10F3NO2. The molecule has 0 heterocycles. The number of hydrogen-bond donors (Lipinski definition) is 1. The van der Waals surface area contributed by atoms with Crippen molar-refractivity contribution in [3.8, 4) is 5.75 Å². The van der Waals surface area contributed by atoms with Crippen LogP contribution in [0, 0.1) is 0 Å². The Kier molecular flexibility index (Phi) is 3.77. The first-order chi connectivity index (χ1) is 7.78. The molecule has 0 bridgehead atoms. The molecule has 3 nitrogen and oxygen atoms in total. The normalized spacial score (nSPS) is 12.4. The Balaban J connectivity index is 2.82. The monoisotopic (exact) mass is 245 g/mol. The van der Waals surface area contributed by atoms with Crippen LogP contribution in [0.4, 0.5) is 13.2 Å². The van der Waals surface area contributed by atoms with Crippen LogP contribution in [-0.2, 0) is 4.79 Å². The summed E-state index contributed by atoms with van der Waals surface area (Å²) in [5.41, 5.74) is 5.90. The van der Waals surface area contributed by atoms with Gasteiger partial charge in [0.15, 0.2) is 0 Å². The lowest BCUT2D eigenvalue weighted by molar-refractivity contribution is -0.274.